The van der Waals surface area contributed by atoms with Crippen LogP contribution < -0.4 is 4.74 Å². The highest BCUT2D eigenvalue weighted by molar-refractivity contribution is 5.85. The summed E-state index contributed by atoms with van der Waals surface area (Å²) in [6, 6.07) is 7.85. The molecular weight excluding hydrogens is 254 g/mol. The Morgan fingerprint density at radius 1 is 1.15 bits per heavy atom. The van der Waals surface area contributed by atoms with E-state index in [1.807, 2.05) is 24.3 Å². The number of tetrazole rings is 1. The molecule has 0 radical (unpaired) electrons. The van der Waals surface area contributed by atoms with E-state index < -0.39 is 0 Å². The van der Waals surface area contributed by atoms with Crippen LogP contribution in [-0.2, 0) is 0 Å². The summed E-state index contributed by atoms with van der Waals surface area (Å²) in [6.07, 6.45) is 4.69. The molecule has 0 saturated heterocycles. The van der Waals surface area contributed by atoms with Crippen molar-refractivity contribution in [2.45, 2.75) is 32.6 Å². The predicted octanol–water partition coefficient (Wildman–Crippen LogP) is 2.63. The maximum atomic E-state index is 5.82. The van der Waals surface area contributed by atoms with Crippen LogP contribution in [0, 0.1) is 0 Å². The van der Waals surface area contributed by atoms with Crippen LogP contribution in [0.15, 0.2) is 24.3 Å². The monoisotopic (exact) mass is 271 g/mol. The number of fused-ring (bicyclic) bond motifs is 3. The molecule has 6 heteroatoms. The number of hydrogen-bond acceptors (Lipinski definition) is 5. The molecule has 2 heterocycles. The standard InChI is InChI=1S/C14H17N5O/c1-2-3-4-7-10-20-13-11-8-5-6-9-12(11)19-14(15-13)16-17-18-19/h5-6,8-9H,2-4,7,10H2,1H3. The van der Waals surface area contributed by atoms with Crippen molar-refractivity contribution in [2.75, 3.05) is 6.61 Å². The minimum atomic E-state index is 0.465. The number of benzene rings is 1. The Balaban J connectivity index is 1.88. The fourth-order valence-electron chi connectivity index (χ4n) is 2.21. The second-order valence-electron chi connectivity index (χ2n) is 4.73. The first kappa shape index (κ1) is 12.8. The van der Waals surface area contributed by atoms with Crippen molar-refractivity contribution < 1.29 is 4.74 Å². The molecule has 0 aliphatic carbocycles. The maximum Gasteiger partial charge on any atom is 0.277 e. The lowest BCUT2D eigenvalue weighted by Gasteiger charge is -2.08. The minimum Gasteiger partial charge on any atom is -0.477 e. The van der Waals surface area contributed by atoms with Gasteiger partial charge in [-0.1, -0.05) is 43.4 Å². The normalized spacial score (nSPS) is 11.2. The Bertz CT molecular complexity index is 709. The first-order valence-electron chi connectivity index (χ1n) is 7.00. The van der Waals surface area contributed by atoms with Gasteiger partial charge in [-0.15, -0.1) is 0 Å². The summed E-state index contributed by atoms with van der Waals surface area (Å²) in [6.45, 7) is 2.87. The lowest BCUT2D eigenvalue weighted by Crippen LogP contribution is -2.03. The van der Waals surface area contributed by atoms with Crippen molar-refractivity contribution in [3.63, 3.8) is 0 Å². The molecule has 0 saturated carbocycles. The van der Waals surface area contributed by atoms with Gasteiger partial charge in [-0.25, -0.2) is 0 Å². The van der Waals surface area contributed by atoms with Gasteiger partial charge in [-0.05, 0) is 29.0 Å². The highest BCUT2D eigenvalue weighted by Crippen LogP contribution is 2.23. The van der Waals surface area contributed by atoms with Crippen molar-refractivity contribution in [1.82, 2.24) is 25.0 Å². The van der Waals surface area contributed by atoms with Gasteiger partial charge in [0.2, 0.25) is 5.88 Å². The van der Waals surface area contributed by atoms with Crippen LogP contribution in [-0.4, -0.2) is 31.6 Å². The van der Waals surface area contributed by atoms with E-state index in [0.29, 0.717) is 18.3 Å². The van der Waals surface area contributed by atoms with Crippen LogP contribution in [0.2, 0.25) is 0 Å². The van der Waals surface area contributed by atoms with Crippen molar-refractivity contribution in [3.05, 3.63) is 24.3 Å². The number of aromatic nitrogens is 5. The SMILES string of the molecule is CCCCCCOc1nc2nnnn2c2ccccc12. The Morgan fingerprint density at radius 3 is 2.95 bits per heavy atom. The molecule has 0 unspecified atom stereocenters. The van der Waals surface area contributed by atoms with Gasteiger partial charge in [0.05, 0.1) is 17.5 Å². The summed E-state index contributed by atoms with van der Waals surface area (Å²) in [4.78, 5) is 4.39. The molecule has 6 nitrogen and oxygen atoms in total. The van der Waals surface area contributed by atoms with Gasteiger partial charge >= 0.3 is 0 Å². The molecule has 0 spiro atoms. The summed E-state index contributed by atoms with van der Waals surface area (Å²) >= 11 is 0. The van der Waals surface area contributed by atoms with Gasteiger partial charge in [0, 0.05) is 0 Å². The fraction of sp³-hybridized carbons (Fsp3) is 0.429. The van der Waals surface area contributed by atoms with Gasteiger partial charge in [-0.3, -0.25) is 0 Å². The molecule has 3 rings (SSSR count). The average molecular weight is 271 g/mol. The third-order valence-electron chi connectivity index (χ3n) is 3.25. The zero-order chi connectivity index (χ0) is 13.8. The third kappa shape index (κ3) is 2.41. The zero-order valence-electron chi connectivity index (χ0n) is 11.5. The van der Waals surface area contributed by atoms with E-state index in [1.54, 1.807) is 4.52 Å². The maximum absolute atomic E-state index is 5.82. The van der Waals surface area contributed by atoms with Crippen LogP contribution in [0.5, 0.6) is 5.88 Å². The van der Waals surface area contributed by atoms with Crippen molar-refractivity contribution >= 4 is 16.7 Å². The third-order valence-corrected chi connectivity index (χ3v) is 3.25. The van der Waals surface area contributed by atoms with Crippen LogP contribution in [0.25, 0.3) is 16.7 Å². The number of para-hydroxylation sites is 1. The lowest BCUT2D eigenvalue weighted by molar-refractivity contribution is 0.298. The van der Waals surface area contributed by atoms with Crippen molar-refractivity contribution in [1.29, 1.82) is 0 Å². The molecule has 0 atom stereocenters. The number of hydrogen-bond donors (Lipinski definition) is 0. The van der Waals surface area contributed by atoms with E-state index in [9.17, 15) is 0 Å². The quantitative estimate of drug-likeness (QED) is 0.645. The van der Waals surface area contributed by atoms with Crippen LogP contribution in [0.1, 0.15) is 32.6 Å². The first-order chi connectivity index (χ1) is 9.90. The minimum absolute atomic E-state index is 0.465. The average Bonchev–Trinajstić information content (AvgIpc) is 2.95. The van der Waals surface area contributed by atoms with E-state index in [4.69, 9.17) is 4.74 Å². The van der Waals surface area contributed by atoms with E-state index in [0.717, 1.165) is 17.3 Å². The molecule has 2 aromatic heterocycles. The van der Waals surface area contributed by atoms with Gasteiger partial charge in [0.15, 0.2) is 0 Å². The molecule has 0 N–H and O–H groups in total. The molecule has 20 heavy (non-hydrogen) atoms. The second kappa shape index (κ2) is 5.81. The van der Waals surface area contributed by atoms with Crippen molar-refractivity contribution in [2.24, 2.45) is 0 Å². The molecule has 0 aliphatic rings. The fourth-order valence-corrected chi connectivity index (χ4v) is 2.21. The number of ether oxygens (including phenoxy) is 1. The Kier molecular flexibility index (Phi) is 3.71. The van der Waals surface area contributed by atoms with Crippen LogP contribution in [0.3, 0.4) is 0 Å². The van der Waals surface area contributed by atoms with Gasteiger partial charge in [0.25, 0.3) is 5.78 Å². The highest BCUT2D eigenvalue weighted by Gasteiger charge is 2.10. The molecule has 1 aromatic carbocycles. The lowest BCUT2D eigenvalue weighted by atomic mass is 10.2. The highest BCUT2D eigenvalue weighted by atomic mass is 16.5. The van der Waals surface area contributed by atoms with E-state index in [-0.39, 0.29) is 0 Å². The smallest absolute Gasteiger partial charge is 0.277 e. The van der Waals surface area contributed by atoms with Gasteiger partial charge in [-0.2, -0.15) is 9.50 Å². The second-order valence-corrected chi connectivity index (χ2v) is 4.73. The number of nitrogens with zero attached hydrogens (tertiary/aromatic N) is 5. The summed E-state index contributed by atoms with van der Waals surface area (Å²) in [5.74, 6) is 1.08. The van der Waals surface area contributed by atoms with Gasteiger partial charge < -0.3 is 4.74 Å². The topological polar surface area (TPSA) is 65.2 Å². The molecule has 0 bridgehead atoms. The zero-order valence-corrected chi connectivity index (χ0v) is 11.5. The molecule has 104 valence electrons. The van der Waals surface area contributed by atoms with Crippen LogP contribution in [0.4, 0.5) is 0 Å². The summed E-state index contributed by atoms with van der Waals surface area (Å²) in [5.41, 5.74) is 0.908. The van der Waals surface area contributed by atoms with Crippen molar-refractivity contribution in [3.8, 4) is 5.88 Å². The largest absolute Gasteiger partial charge is 0.477 e. The molecule has 0 aliphatic heterocycles. The number of unbranched alkanes of at least 4 members (excludes halogenated alkanes) is 3. The number of rotatable bonds is 6. The van der Waals surface area contributed by atoms with E-state index in [2.05, 4.69) is 27.4 Å². The van der Waals surface area contributed by atoms with Gasteiger partial charge in [0.1, 0.15) is 0 Å². The van der Waals surface area contributed by atoms with E-state index >= 15 is 0 Å². The molecule has 3 aromatic rings. The summed E-state index contributed by atoms with van der Waals surface area (Å²) in [7, 11) is 0. The first-order valence-corrected chi connectivity index (χ1v) is 7.00. The Morgan fingerprint density at radius 2 is 2.05 bits per heavy atom. The van der Waals surface area contributed by atoms with Crippen LogP contribution >= 0.6 is 0 Å². The Labute approximate surface area is 116 Å². The predicted molar refractivity (Wildman–Crippen MR) is 75.7 cm³/mol. The van der Waals surface area contributed by atoms with E-state index in [1.165, 1.54) is 19.3 Å². The molecule has 0 fully saturated rings. The summed E-state index contributed by atoms with van der Waals surface area (Å²) in [5, 5.41) is 12.4. The summed E-state index contributed by atoms with van der Waals surface area (Å²) < 4.78 is 7.45. The molecular formula is C14H17N5O. The Hall–Kier alpha value is -2.24. The molecule has 0 amide bonds.